The molecule has 0 radical (unpaired) electrons. The third-order valence-electron chi connectivity index (χ3n) is 2.84. The van der Waals surface area contributed by atoms with Crippen LogP contribution in [0.3, 0.4) is 0 Å². The number of rotatable bonds is 6. The molecule has 0 aliphatic rings. The number of nitrogens with zero attached hydrogens (tertiary/aromatic N) is 1. The van der Waals surface area contributed by atoms with Crippen molar-refractivity contribution in [3.05, 3.63) is 60.2 Å². The van der Waals surface area contributed by atoms with E-state index in [1.54, 1.807) is 23.9 Å². The summed E-state index contributed by atoms with van der Waals surface area (Å²) in [7, 11) is 1.94. The molecule has 1 aromatic heterocycles. The zero-order chi connectivity index (χ0) is 13.5. The number of hydrogen-bond donors (Lipinski definition) is 1. The largest absolute Gasteiger partial charge is 0.316 e. The summed E-state index contributed by atoms with van der Waals surface area (Å²) in [6, 6.07) is 13.0. The molecular formula is C15H17FN2S. The molecule has 2 aromatic rings. The third-order valence-corrected chi connectivity index (χ3v) is 3.99. The Balaban J connectivity index is 1.89. The molecule has 0 bridgehead atoms. The van der Waals surface area contributed by atoms with Gasteiger partial charge in [-0.15, -0.1) is 11.8 Å². The van der Waals surface area contributed by atoms with Crippen LogP contribution in [-0.4, -0.2) is 23.8 Å². The van der Waals surface area contributed by atoms with Crippen LogP contribution in [0.15, 0.2) is 53.6 Å². The Morgan fingerprint density at radius 2 is 2.16 bits per heavy atom. The first-order chi connectivity index (χ1) is 9.28. The molecule has 0 spiro atoms. The van der Waals surface area contributed by atoms with Gasteiger partial charge in [0.1, 0.15) is 5.82 Å². The van der Waals surface area contributed by atoms with E-state index >= 15 is 0 Å². The molecule has 2 rings (SSSR count). The first-order valence-electron chi connectivity index (χ1n) is 6.23. The molecule has 1 atom stereocenters. The summed E-state index contributed by atoms with van der Waals surface area (Å²) in [5.74, 6) is 0.701. The summed E-state index contributed by atoms with van der Waals surface area (Å²) in [6.07, 6.45) is 2.68. The molecule has 1 unspecified atom stereocenters. The quantitative estimate of drug-likeness (QED) is 0.820. The van der Waals surface area contributed by atoms with Crippen LogP contribution in [0.5, 0.6) is 0 Å². The lowest BCUT2D eigenvalue weighted by atomic mass is 10.2. The second kappa shape index (κ2) is 7.26. The highest BCUT2D eigenvalue weighted by Crippen LogP contribution is 2.20. The highest BCUT2D eigenvalue weighted by molar-refractivity contribution is 7.99. The maximum atomic E-state index is 13.1. The van der Waals surface area contributed by atoms with Crippen LogP contribution in [0.4, 0.5) is 4.39 Å². The molecule has 1 N–H and O–H groups in total. The smallest absolute Gasteiger partial charge is 0.124 e. The maximum Gasteiger partial charge on any atom is 0.124 e. The summed E-state index contributed by atoms with van der Waals surface area (Å²) in [5, 5.41) is 3.28. The Bertz CT molecular complexity index is 505. The minimum atomic E-state index is -0.185. The van der Waals surface area contributed by atoms with Gasteiger partial charge in [-0.3, -0.25) is 4.98 Å². The molecule has 4 heteroatoms. The number of benzene rings is 1. The first-order valence-corrected chi connectivity index (χ1v) is 7.22. The Kier molecular flexibility index (Phi) is 5.36. The molecule has 0 saturated heterocycles. The second-order valence-electron chi connectivity index (χ2n) is 4.28. The van der Waals surface area contributed by atoms with Gasteiger partial charge in [0.2, 0.25) is 0 Å². The van der Waals surface area contributed by atoms with Crippen molar-refractivity contribution in [2.75, 3.05) is 12.8 Å². The van der Waals surface area contributed by atoms with Crippen LogP contribution in [0.2, 0.25) is 0 Å². The molecule has 1 heterocycles. The molecule has 100 valence electrons. The van der Waals surface area contributed by atoms with Crippen molar-refractivity contribution in [3.8, 4) is 0 Å². The van der Waals surface area contributed by atoms with Crippen molar-refractivity contribution in [1.82, 2.24) is 10.3 Å². The first kappa shape index (κ1) is 14.0. The summed E-state index contributed by atoms with van der Waals surface area (Å²) in [5.41, 5.74) is 1.07. The average Bonchev–Trinajstić information content (AvgIpc) is 2.44. The lowest BCUT2D eigenvalue weighted by molar-refractivity contribution is 0.608. The van der Waals surface area contributed by atoms with E-state index in [2.05, 4.69) is 10.3 Å². The Labute approximate surface area is 117 Å². The van der Waals surface area contributed by atoms with Gasteiger partial charge < -0.3 is 5.32 Å². The van der Waals surface area contributed by atoms with Crippen molar-refractivity contribution >= 4 is 11.8 Å². The van der Waals surface area contributed by atoms with E-state index in [-0.39, 0.29) is 5.82 Å². The molecule has 0 fully saturated rings. The number of aromatic nitrogens is 1. The monoisotopic (exact) mass is 276 g/mol. The average molecular weight is 276 g/mol. The fourth-order valence-corrected chi connectivity index (χ4v) is 2.82. The number of thioether (sulfide) groups is 1. The lowest BCUT2D eigenvalue weighted by Crippen LogP contribution is -2.30. The van der Waals surface area contributed by atoms with Gasteiger partial charge in [-0.25, -0.2) is 4.39 Å². The number of likely N-dealkylation sites (N-methyl/N-ethyl adjacent to an activating group) is 1. The number of nitrogens with one attached hydrogen (secondary N) is 1. The van der Waals surface area contributed by atoms with E-state index in [1.165, 1.54) is 6.07 Å². The van der Waals surface area contributed by atoms with Gasteiger partial charge >= 0.3 is 0 Å². The number of hydrogen-bond acceptors (Lipinski definition) is 3. The Hall–Kier alpha value is -1.39. The summed E-state index contributed by atoms with van der Waals surface area (Å²) < 4.78 is 13.1. The Morgan fingerprint density at radius 3 is 2.84 bits per heavy atom. The van der Waals surface area contributed by atoms with Crippen LogP contribution in [0.1, 0.15) is 5.69 Å². The highest BCUT2D eigenvalue weighted by atomic mass is 32.2. The normalized spacial score (nSPS) is 12.3. The van der Waals surface area contributed by atoms with Gasteiger partial charge in [-0.05, 0) is 37.4 Å². The summed E-state index contributed by atoms with van der Waals surface area (Å²) in [6.45, 7) is 0. The SMILES string of the molecule is CNC(CSc1cccc(F)c1)Cc1ccccn1. The van der Waals surface area contributed by atoms with Gasteiger partial charge in [0.05, 0.1) is 0 Å². The molecule has 0 aliphatic carbocycles. The summed E-state index contributed by atoms with van der Waals surface area (Å²) in [4.78, 5) is 5.29. The van der Waals surface area contributed by atoms with E-state index in [4.69, 9.17) is 0 Å². The number of halogens is 1. The van der Waals surface area contributed by atoms with Crippen LogP contribution in [0, 0.1) is 5.82 Å². The molecule has 1 aromatic carbocycles. The van der Waals surface area contributed by atoms with E-state index in [0.717, 1.165) is 22.8 Å². The highest BCUT2D eigenvalue weighted by Gasteiger charge is 2.09. The van der Waals surface area contributed by atoms with Crippen LogP contribution in [0.25, 0.3) is 0 Å². The van der Waals surface area contributed by atoms with Crippen molar-refractivity contribution in [2.24, 2.45) is 0 Å². The van der Waals surface area contributed by atoms with Gasteiger partial charge in [0, 0.05) is 35.0 Å². The molecule has 0 aliphatic heterocycles. The standard InChI is InChI=1S/C15H17FN2S/c1-17-14(10-13-6-2-3-8-18-13)11-19-15-7-4-5-12(16)9-15/h2-9,14,17H,10-11H2,1H3. The van der Waals surface area contributed by atoms with Crippen molar-refractivity contribution < 1.29 is 4.39 Å². The third kappa shape index (κ3) is 4.65. The van der Waals surface area contributed by atoms with Gasteiger partial charge in [-0.2, -0.15) is 0 Å². The van der Waals surface area contributed by atoms with Crippen molar-refractivity contribution in [1.29, 1.82) is 0 Å². The minimum Gasteiger partial charge on any atom is -0.316 e. The lowest BCUT2D eigenvalue weighted by Gasteiger charge is -2.15. The van der Waals surface area contributed by atoms with Crippen molar-refractivity contribution in [2.45, 2.75) is 17.4 Å². The van der Waals surface area contributed by atoms with Crippen LogP contribution in [-0.2, 0) is 6.42 Å². The van der Waals surface area contributed by atoms with E-state index < -0.39 is 0 Å². The van der Waals surface area contributed by atoms with Gasteiger partial charge in [-0.1, -0.05) is 12.1 Å². The number of pyridine rings is 1. The van der Waals surface area contributed by atoms with E-state index in [9.17, 15) is 4.39 Å². The zero-order valence-corrected chi connectivity index (χ0v) is 11.7. The minimum absolute atomic E-state index is 0.185. The molecule has 19 heavy (non-hydrogen) atoms. The van der Waals surface area contributed by atoms with Crippen molar-refractivity contribution in [3.63, 3.8) is 0 Å². The van der Waals surface area contributed by atoms with Gasteiger partial charge in [0.15, 0.2) is 0 Å². The molecule has 2 nitrogen and oxygen atoms in total. The maximum absolute atomic E-state index is 13.1. The molecule has 0 saturated carbocycles. The topological polar surface area (TPSA) is 24.9 Å². The van der Waals surface area contributed by atoms with E-state index in [0.29, 0.717) is 6.04 Å². The van der Waals surface area contributed by atoms with Crippen LogP contribution >= 0.6 is 11.8 Å². The van der Waals surface area contributed by atoms with Gasteiger partial charge in [0.25, 0.3) is 0 Å². The molecular weight excluding hydrogens is 259 g/mol. The fraction of sp³-hybridized carbons (Fsp3) is 0.267. The second-order valence-corrected chi connectivity index (χ2v) is 5.37. The van der Waals surface area contributed by atoms with E-state index in [1.807, 2.05) is 37.5 Å². The van der Waals surface area contributed by atoms with Crippen LogP contribution < -0.4 is 5.32 Å². The fourth-order valence-electron chi connectivity index (χ4n) is 1.77. The predicted octanol–water partition coefficient (Wildman–Crippen LogP) is 3.14. The Morgan fingerprint density at radius 1 is 1.26 bits per heavy atom. The molecule has 0 amide bonds. The zero-order valence-electron chi connectivity index (χ0n) is 10.8. The predicted molar refractivity (Wildman–Crippen MR) is 77.9 cm³/mol. The summed E-state index contributed by atoms with van der Waals surface area (Å²) >= 11 is 1.66.